The second-order valence-corrected chi connectivity index (χ2v) is 7.08. The van der Waals surface area contributed by atoms with Gasteiger partial charge in [0.15, 0.2) is 0 Å². The van der Waals surface area contributed by atoms with Crippen LogP contribution in [-0.2, 0) is 13.6 Å². The highest BCUT2D eigenvalue weighted by molar-refractivity contribution is 5.59. The van der Waals surface area contributed by atoms with Gasteiger partial charge in [-0.15, -0.1) is 0 Å². The first-order valence-corrected chi connectivity index (χ1v) is 9.40. The number of aryl methyl sites for hydroxylation is 2. The van der Waals surface area contributed by atoms with Gasteiger partial charge >= 0.3 is 0 Å². The average molecular weight is 363 g/mol. The van der Waals surface area contributed by atoms with E-state index in [-0.39, 0.29) is 0 Å². The third-order valence-electron chi connectivity index (χ3n) is 5.07. The highest BCUT2D eigenvalue weighted by Gasteiger charge is 2.20. The number of nitrogens with zero attached hydrogens (tertiary/aromatic N) is 6. The molecule has 3 aromatic heterocycles. The molecular formula is C20H25N7. The fraction of sp³-hybridized carbons (Fsp3) is 0.400. The molecule has 0 aromatic carbocycles. The lowest BCUT2D eigenvalue weighted by molar-refractivity contribution is 0.209. The van der Waals surface area contributed by atoms with Crippen LogP contribution < -0.4 is 5.32 Å². The summed E-state index contributed by atoms with van der Waals surface area (Å²) in [5, 5.41) is 7.77. The van der Waals surface area contributed by atoms with Crippen LogP contribution >= 0.6 is 0 Å². The Bertz CT molecular complexity index is 882. The molecule has 7 heteroatoms. The maximum atomic E-state index is 4.75. The topological polar surface area (TPSA) is 71.8 Å². The Hall–Kier alpha value is -2.80. The van der Waals surface area contributed by atoms with Crippen molar-refractivity contribution in [2.24, 2.45) is 7.05 Å². The average Bonchev–Trinajstić information content (AvgIpc) is 3.11. The molecule has 0 spiro atoms. The molecule has 27 heavy (non-hydrogen) atoms. The molecule has 1 N–H and O–H groups in total. The molecule has 4 rings (SSSR count). The molecule has 4 heterocycles. The summed E-state index contributed by atoms with van der Waals surface area (Å²) in [6, 6.07) is 8.47. The minimum atomic E-state index is 0.395. The maximum Gasteiger partial charge on any atom is 0.223 e. The number of rotatable bonds is 5. The molecule has 1 fully saturated rings. The molecule has 3 aromatic rings. The van der Waals surface area contributed by atoms with Crippen molar-refractivity contribution in [2.45, 2.75) is 32.4 Å². The van der Waals surface area contributed by atoms with Crippen LogP contribution in [-0.4, -0.2) is 48.8 Å². The standard InChI is InChI=1S/C20H25N7/c1-15-13-22-20(25-19(15)18-6-10-23-26(18)2)24-16-7-11-27(12-8-16)14-17-5-3-4-9-21-17/h3-6,9-10,13,16H,7-8,11-12,14H2,1-2H3,(H,22,24,25). The lowest BCUT2D eigenvalue weighted by Crippen LogP contribution is -2.39. The fourth-order valence-corrected chi connectivity index (χ4v) is 3.52. The minimum Gasteiger partial charge on any atom is -0.351 e. The van der Waals surface area contributed by atoms with E-state index in [2.05, 4.69) is 31.3 Å². The van der Waals surface area contributed by atoms with Gasteiger partial charge in [-0.2, -0.15) is 5.10 Å². The van der Waals surface area contributed by atoms with Crippen molar-refractivity contribution in [3.05, 3.63) is 54.1 Å². The molecule has 0 bridgehead atoms. The van der Waals surface area contributed by atoms with Crippen LogP contribution in [0.4, 0.5) is 5.95 Å². The predicted molar refractivity (Wildman–Crippen MR) is 105 cm³/mol. The molecule has 140 valence electrons. The number of piperidine rings is 1. The minimum absolute atomic E-state index is 0.395. The van der Waals surface area contributed by atoms with Gasteiger partial charge in [0, 0.05) is 51.3 Å². The van der Waals surface area contributed by atoms with Crippen LogP contribution in [0, 0.1) is 6.92 Å². The SMILES string of the molecule is Cc1cnc(NC2CCN(Cc3ccccn3)CC2)nc1-c1ccnn1C. The van der Waals surface area contributed by atoms with Gasteiger partial charge in [-0.1, -0.05) is 6.07 Å². The van der Waals surface area contributed by atoms with Crippen molar-refractivity contribution in [1.82, 2.24) is 29.6 Å². The summed E-state index contributed by atoms with van der Waals surface area (Å²) in [7, 11) is 1.93. The second kappa shape index (κ2) is 7.84. The lowest BCUT2D eigenvalue weighted by atomic mass is 10.0. The molecule has 0 amide bonds. The highest BCUT2D eigenvalue weighted by atomic mass is 15.3. The summed E-state index contributed by atoms with van der Waals surface area (Å²) in [4.78, 5) is 16.1. The number of likely N-dealkylation sites (tertiary alicyclic amines) is 1. The van der Waals surface area contributed by atoms with E-state index >= 15 is 0 Å². The van der Waals surface area contributed by atoms with Gasteiger partial charge in [-0.25, -0.2) is 9.97 Å². The molecule has 0 radical (unpaired) electrons. The van der Waals surface area contributed by atoms with E-state index in [1.54, 1.807) is 6.20 Å². The first-order chi connectivity index (χ1) is 13.2. The molecule has 7 nitrogen and oxygen atoms in total. The van der Waals surface area contributed by atoms with Crippen molar-refractivity contribution >= 4 is 5.95 Å². The zero-order chi connectivity index (χ0) is 18.6. The number of pyridine rings is 1. The second-order valence-electron chi connectivity index (χ2n) is 7.08. The van der Waals surface area contributed by atoms with Crippen LogP contribution in [0.2, 0.25) is 0 Å². The zero-order valence-electron chi connectivity index (χ0n) is 15.8. The van der Waals surface area contributed by atoms with Crippen molar-refractivity contribution < 1.29 is 0 Å². The Balaban J connectivity index is 1.37. The monoisotopic (exact) mass is 363 g/mol. The Labute approximate surface area is 159 Å². The van der Waals surface area contributed by atoms with Crippen LogP contribution in [0.3, 0.4) is 0 Å². The van der Waals surface area contributed by atoms with Crippen molar-refractivity contribution in [2.75, 3.05) is 18.4 Å². The number of nitrogens with one attached hydrogen (secondary N) is 1. The van der Waals surface area contributed by atoms with E-state index in [1.165, 1.54) is 0 Å². The number of aromatic nitrogens is 5. The van der Waals surface area contributed by atoms with E-state index in [9.17, 15) is 0 Å². The van der Waals surface area contributed by atoms with Crippen LogP contribution in [0.15, 0.2) is 42.9 Å². The molecule has 0 unspecified atom stereocenters. The maximum absolute atomic E-state index is 4.75. The quantitative estimate of drug-likeness (QED) is 0.751. The van der Waals surface area contributed by atoms with Crippen molar-refractivity contribution in [3.8, 4) is 11.4 Å². The molecule has 0 saturated carbocycles. The molecule has 1 aliphatic rings. The largest absolute Gasteiger partial charge is 0.351 e. The summed E-state index contributed by atoms with van der Waals surface area (Å²) in [5.41, 5.74) is 4.11. The summed E-state index contributed by atoms with van der Waals surface area (Å²) >= 11 is 0. The molecular weight excluding hydrogens is 338 g/mol. The Morgan fingerprint density at radius 2 is 1.96 bits per heavy atom. The molecule has 1 aliphatic heterocycles. The normalized spacial score (nSPS) is 15.8. The zero-order valence-corrected chi connectivity index (χ0v) is 15.8. The summed E-state index contributed by atoms with van der Waals surface area (Å²) in [6.07, 6.45) is 7.68. The first kappa shape index (κ1) is 17.6. The van der Waals surface area contributed by atoms with Crippen molar-refractivity contribution in [3.63, 3.8) is 0 Å². The van der Waals surface area contributed by atoms with E-state index in [4.69, 9.17) is 4.98 Å². The van der Waals surface area contributed by atoms with Crippen molar-refractivity contribution in [1.29, 1.82) is 0 Å². The Kier molecular flexibility index (Phi) is 5.11. The van der Waals surface area contributed by atoms with Crippen LogP contribution in [0.1, 0.15) is 24.1 Å². The highest BCUT2D eigenvalue weighted by Crippen LogP contribution is 2.22. The molecule has 1 saturated heterocycles. The molecule has 0 aliphatic carbocycles. The molecule has 0 atom stereocenters. The van der Waals surface area contributed by atoms with Gasteiger partial charge in [0.25, 0.3) is 0 Å². The lowest BCUT2D eigenvalue weighted by Gasteiger charge is -2.32. The third-order valence-corrected chi connectivity index (χ3v) is 5.07. The summed E-state index contributed by atoms with van der Waals surface area (Å²) < 4.78 is 1.84. The Morgan fingerprint density at radius 3 is 2.67 bits per heavy atom. The fourth-order valence-electron chi connectivity index (χ4n) is 3.52. The van der Waals surface area contributed by atoms with Crippen LogP contribution in [0.25, 0.3) is 11.4 Å². The summed E-state index contributed by atoms with van der Waals surface area (Å²) in [5.74, 6) is 0.694. The van der Waals surface area contributed by atoms with E-state index < -0.39 is 0 Å². The van der Waals surface area contributed by atoms with Gasteiger partial charge in [0.05, 0.1) is 17.1 Å². The van der Waals surface area contributed by atoms with Crippen LogP contribution in [0.5, 0.6) is 0 Å². The Morgan fingerprint density at radius 1 is 1.11 bits per heavy atom. The van der Waals surface area contributed by atoms with Gasteiger partial charge in [0.1, 0.15) is 0 Å². The van der Waals surface area contributed by atoms with Gasteiger partial charge in [0.2, 0.25) is 5.95 Å². The van der Waals surface area contributed by atoms with Gasteiger partial charge in [-0.05, 0) is 43.5 Å². The number of anilines is 1. The number of hydrogen-bond donors (Lipinski definition) is 1. The number of hydrogen-bond acceptors (Lipinski definition) is 6. The van der Waals surface area contributed by atoms with E-state index in [1.807, 2.05) is 49.2 Å². The smallest absolute Gasteiger partial charge is 0.223 e. The van der Waals surface area contributed by atoms with Gasteiger partial charge < -0.3 is 5.32 Å². The third kappa shape index (κ3) is 4.14. The predicted octanol–water partition coefficient (Wildman–Crippen LogP) is 2.66. The van der Waals surface area contributed by atoms with E-state index in [0.717, 1.165) is 55.1 Å². The first-order valence-electron chi connectivity index (χ1n) is 9.40. The summed E-state index contributed by atoms with van der Waals surface area (Å²) in [6.45, 7) is 5.05. The van der Waals surface area contributed by atoms with E-state index in [0.29, 0.717) is 12.0 Å². The van der Waals surface area contributed by atoms with Gasteiger partial charge in [-0.3, -0.25) is 14.6 Å².